The van der Waals surface area contributed by atoms with Gasteiger partial charge in [0.25, 0.3) is 0 Å². The predicted molar refractivity (Wildman–Crippen MR) is 55.6 cm³/mol. The van der Waals surface area contributed by atoms with Crippen LogP contribution in [-0.2, 0) is 4.57 Å². The summed E-state index contributed by atoms with van der Waals surface area (Å²) in [4.78, 5) is 9.00. The summed E-state index contributed by atoms with van der Waals surface area (Å²) in [5.74, 6) is 0.484. The summed E-state index contributed by atoms with van der Waals surface area (Å²) in [7, 11) is -0.765. The lowest BCUT2D eigenvalue weighted by molar-refractivity contribution is 0.410. The highest BCUT2D eigenvalue weighted by atomic mass is 31.1. The predicted octanol–water partition coefficient (Wildman–Crippen LogP) is 2.07. The third-order valence-corrected chi connectivity index (χ3v) is 3.00. The van der Waals surface area contributed by atoms with Crippen molar-refractivity contribution in [3.05, 3.63) is 23.8 Å². The molecule has 3 N–H and O–H groups in total. The lowest BCUT2D eigenvalue weighted by atomic mass is 10.1. The highest BCUT2D eigenvalue weighted by Gasteiger charge is 2.29. The first-order chi connectivity index (χ1) is 6.57. The van der Waals surface area contributed by atoms with Gasteiger partial charge in [0, 0.05) is 5.56 Å². The van der Waals surface area contributed by atoms with Crippen molar-refractivity contribution >= 4 is 13.7 Å². The lowest BCUT2D eigenvalue weighted by Gasteiger charge is -2.09. The van der Waals surface area contributed by atoms with Gasteiger partial charge >= 0.3 is 8.03 Å². The summed E-state index contributed by atoms with van der Waals surface area (Å²) in [5, 5.41) is 0. The van der Waals surface area contributed by atoms with Crippen LogP contribution in [-0.4, -0.2) is 12.0 Å². The largest absolute Gasteiger partial charge is 0.513 e. The molecule has 0 saturated heterocycles. The summed E-state index contributed by atoms with van der Waals surface area (Å²) < 4.78 is 16.0. The second-order valence-electron chi connectivity index (χ2n) is 2.95. The van der Waals surface area contributed by atoms with Crippen molar-refractivity contribution in [3.8, 4) is 5.75 Å². The molecule has 0 spiro atoms. The molecular formula is C9H13NO3P+. The van der Waals surface area contributed by atoms with Crippen molar-refractivity contribution in [1.82, 2.24) is 0 Å². The van der Waals surface area contributed by atoms with Gasteiger partial charge in [-0.05, 0) is 17.6 Å². The van der Waals surface area contributed by atoms with Crippen molar-refractivity contribution in [2.75, 3.05) is 12.8 Å². The maximum atomic E-state index is 10.9. The number of hydrogen-bond donors (Lipinski definition) is 2. The van der Waals surface area contributed by atoms with Gasteiger partial charge in [-0.15, -0.1) is 0 Å². The number of anilines is 1. The average molecular weight is 214 g/mol. The smallest absolute Gasteiger partial charge is 0.494 e. The Bertz CT molecular complexity index is 354. The van der Waals surface area contributed by atoms with Gasteiger partial charge in [-0.2, -0.15) is 4.89 Å². The molecule has 2 atom stereocenters. The molecule has 0 amide bonds. The molecule has 0 radical (unpaired) electrons. The molecule has 0 saturated carbocycles. The van der Waals surface area contributed by atoms with E-state index in [0.717, 1.165) is 0 Å². The van der Waals surface area contributed by atoms with Crippen LogP contribution >= 0.6 is 8.03 Å². The van der Waals surface area contributed by atoms with Crippen LogP contribution in [0.1, 0.15) is 18.1 Å². The molecule has 14 heavy (non-hydrogen) atoms. The number of nitrogen functional groups attached to an aromatic ring is 1. The molecule has 5 heteroatoms. The molecule has 0 bridgehead atoms. The standard InChI is InChI=1S/C9H12NO3P/c1-6(14(11)12)7-4-3-5-8(10)9(7)13-2/h3-6H,10H2,1-2H3/p+1. The van der Waals surface area contributed by atoms with Crippen LogP contribution in [0.3, 0.4) is 0 Å². The molecule has 1 rings (SSSR count). The highest BCUT2D eigenvalue weighted by Crippen LogP contribution is 2.42. The quantitative estimate of drug-likeness (QED) is 0.596. The zero-order valence-electron chi connectivity index (χ0n) is 8.10. The van der Waals surface area contributed by atoms with Gasteiger partial charge < -0.3 is 10.5 Å². The summed E-state index contributed by atoms with van der Waals surface area (Å²) in [6, 6.07) is 5.17. The minimum Gasteiger partial charge on any atom is -0.494 e. The van der Waals surface area contributed by atoms with Crippen LogP contribution in [0, 0.1) is 0 Å². The van der Waals surface area contributed by atoms with Crippen LogP contribution < -0.4 is 10.5 Å². The van der Waals surface area contributed by atoms with Gasteiger partial charge in [0.1, 0.15) is 5.75 Å². The summed E-state index contributed by atoms with van der Waals surface area (Å²) >= 11 is 0. The van der Waals surface area contributed by atoms with E-state index in [1.165, 1.54) is 7.11 Å². The van der Waals surface area contributed by atoms with Gasteiger partial charge in [0.2, 0.25) is 5.66 Å². The summed E-state index contributed by atoms with van der Waals surface area (Å²) in [6.45, 7) is 1.66. The van der Waals surface area contributed by atoms with E-state index >= 15 is 0 Å². The molecular weight excluding hydrogens is 201 g/mol. The number of benzene rings is 1. The third-order valence-electron chi connectivity index (χ3n) is 2.06. The van der Waals surface area contributed by atoms with E-state index in [0.29, 0.717) is 17.0 Å². The summed E-state index contributed by atoms with van der Waals surface area (Å²) in [5.41, 5.74) is 6.34. The molecule has 4 nitrogen and oxygen atoms in total. The minimum atomic E-state index is -2.26. The number of ether oxygens (including phenoxy) is 1. The van der Waals surface area contributed by atoms with E-state index in [1.807, 2.05) is 0 Å². The molecule has 0 aliphatic carbocycles. The first-order valence-corrected chi connectivity index (χ1v) is 5.43. The number of rotatable bonds is 3. The third kappa shape index (κ3) is 2.03. The fourth-order valence-electron chi connectivity index (χ4n) is 1.26. The van der Waals surface area contributed by atoms with Gasteiger partial charge in [-0.25, -0.2) is 0 Å². The second-order valence-corrected chi connectivity index (χ2v) is 4.33. The zero-order chi connectivity index (χ0) is 10.7. The second kappa shape index (κ2) is 4.40. The van der Waals surface area contributed by atoms with E-state index in [9.17, 15) is 4.57 Å². The maximum Gasteiger partial charge on any atom is 0.513 e. The molecule has 76 valence electrons. The summed E-state index contributed by atoms with van der Waals surface area (Å²) in [6.07, 6.45) is 0. The normalized spacial score (nSPS) is 13.5. The Morgan fingerprint density at radius 3 is 2.71 bits per heavy atom. The SMILES string of the molecule is COc1c(N)cccc1C(C)[P+](=O)O. The van der Waals surface area contributed by atoms with Gasteiger partial charge in [-0.1, -0.05) is 12.1 Å². The first-order valence-electron chi connectivity index (χ1n) is 4.15. The first kappa shape index (κ1) is 11.0. The average Bonchev–Trinajstić information content (AvgIpc) is 2.16. The van der Waals surface area contributed by atoms with E-state index in [2.05, 4.69) is 0 Å². The van der Waals surface area contributed by atoms with Gasteiger partial charge in [0.15, 0.2) is 0 Å². The van der Waals surface area contributed by atoms with Crippen LogP contribution in [0.5, 0.6) is 5.75 Å². The van der Waals surface area contributed by atoms with E-state index in [-0.39, 0.29) is 0 Å². The van der Waals surface area contributed by atoms with E-state index in [1.54, 1.807) is 25.1 Å². The fraction of sp³-hybridized carbons (Fsp3) is 0.333. The molecule has 0 aliphatic rings. The Hall–Kier alpha value is -1.12. The Morgan fingerprint density at radius 2 is 2.21 bits per heavy atom. The molecule has 2 unspecified atom stereocenters. The number of nitrogens with two attached hydrogens (primary N) is 1. The fourth-order valence-corrected chi connectivity index (χ4v) is 1.70. The monoisotopic (exact) mass is 214 g/mol. The Balaban J connectivity index is 3.20. The van der Waals surface area contributed by atoms with E-state index in [4.69, 9.17) is 15.4 Å². The van der Waals surface area contributed by atoms with Gasteiger partial charge in [-0.3, -0.25) is 0 Å². The van der Waals surface area contributed by atoms with Crippen molar-refractivity contribution in [2.45, 2.75) is 12.6 Å². The zero-order valence-corrected chi connectivity index (χ0v) is 8.99. The Labute approximate surface area is 83.6 Å². The molecule has 0 aromatic heterocycles. The minimum absolute atomic E-state index is 0.469. The lowest BCUT2D eigenvalue weighted by Crippen LogP contribution is -1.98. The number of hydrogen-bond acceptors (Lipinski definition) is 3. The Kier molecular flexibility index (Phi) is 3.44. The van der Waals surface area contributed by atoms with E-state index < -0.39 is 13.7 Å². The van der Waals surface area contributed by atoms with Crippen molar-refractivity contribution in [1.29, 1.82) is 0 Å². The molecule has 0 aliphatic heterocycles. The highest BCUT2D eigenvalue weighted by molar-refractivity contribution is 7.38. The number of methoxy groups -OCH3 is 1. The van der Waals surface area contributed by atoms with Crippen molar-refractivity contribution in [2.24, 2.45) is 0 Å². The van der Waals surface area contributed by atoms with Crippen molar-refractivity contribution < 1.29 is 14.2 Å². The van der Waals surface area contributed by atoms with Crippen LogP contribution in [0.15, 0.2) is 18.2 Å². The van der Waals surface area contributed by atoms with Crippen LogP contribution in [0.25, 0.3) is 0 Å². The molecule has 1 aromatic rings. The van der Waals surface area contributed by atoms with Crippen molar-refractivity contribution in [3.63, 3.8) is 0 Å². The molecule has 0 fully saturated rings. The molecule has 0 heterocycles. The topological polar surface area (TPSA) is 72.5 Å². The van der Waals surface area contributed by atoms with Gasteiger partial charge in [0.05, 0.1) is 12.8 Å². The molecule has 1 aromatic carbocycles. The number of para-hydroxylation sites is 1. The van der Waals surface area contributed by atoms with Crippen LogP contribution in [0.4, 0.5) is 5.69 Å². The Morgan fingerprint density at radius 1 is 1.57 bits per heavy atom. The van der Waals surface area contributed by atoms with Crippen LogP contribution in [0.2, 0.25) is 0 Å². The maximum absolute atomic E-state index is 10.9.